The zero-order valence-electron chi connectivity index (χ0n) is 12.9. The first-order valence-electron chi connectivity index (χ1n) is 7.36. The molecule has 5 heteroatoms. The van der Waals surface area contributed by atoms with E-state index in [-0.39, 0.29) is 11.7 Å². The molecule has 0 aliphatic heterocycles. The van der Waals surface area contributed by atoms with Crippen molar-refractivity contribution in [2.75, 3.05) is 5.32 Å². The summed E-state index contributed by atoms with van der Waals surface area (Å²) in [6.45, 7) is 1.87. The second-order valence-electron chi connectivity index (χ2n) is 5.28. The van der Waals surface area contributed by atoms with Gasteiger partial charge in [-0.15, -0.1) is 0 Å². The summed E-state index contributed by atoms with van der Waals surface area (Å²) < 4.78 is 5.33. The van der Waals surface area contributed by atoms with E-state index >= 15 is 0 Å². The quantitative estimate of drug-likeness (QED) is 0.754. The van der Waals surface area contributed by atoms with Gasteiger partial charge in [-0.05, 0) is 42.8 Å². The van der Waals surface area contributed by atoms with Crippen molar-refractivity contribution < 1.29 is 19.1 Å². The smallest absolute Gasteiger partial charge is 0.371 e. The number of anilines is 1. The average Bonchev–Trinajstić information content (AvgIpc) is 3.06. The van der Waals surface area contributed by atoms with Gasteiger partial charge in [0.25, 0.3) is 5.91 Å². The third-order valence-corrected chi connectivity index (χ3v) is 3.65. The Kier molecular flexibility index (Phi) is 4.16. The van der Waals surface area contributed by atoms with Crippen LogP contribution in [-0.2, 0) is 0 Å². The first-order valence-corrected chi connectivity index (χ1v) is 7.36. The van der Waals surface area contributed by atoms with Gasteiger partial charge in [0.15, 0.2) is 0 Å². The van der Waals surface area contributed by atoms with E-state index < -0.39 is 5.97 Å². The van der Waals surface area contributed by atoms with E-state index in [9.17, 15) is 9.59 Å². The number of aromatic carboxylic acids is 1. The molecule has 0 atom stereocenters. The first-order chi connectivity index (χ1) is 11.6. The molecule has 120 valence electrons. The number of benzene rings is 2. The van der Waals surface area contributed by atoms with E-state index in [1.165, 1.54) is 6.07 Å². The van der Waals surface area contributed by atoms with Crippen LogP contribution in [0, 0.1) is 6.92 Å². The molecule has 0 saturated heterocycles. The number of aryl methyl sites for hydroxylation is 1. The van der Waals surface area contributed by atoms with Crippen LogP contribution in [0.2, 0.25) is 0 Å². The minimum atomic E-state index is -1.14. The zero-order chi connectivity index (χ0) is 17.1. The Labute approximate surface area is 138 Å². The molecular weight excluding hydrogens is 306 g/mol. The Morgan fingerprint density at radius 2 is 1.67 bits per heavy atom. The molecule has 3 aromatic rings. The fourth-order valence-electron chi connectivity index (χ4n) is 2.42. The van der Waals surface area contributed by atoms with Crippen molar-refractivity contribution in [3.8, 4) is 11.3 Å². The van der Waals surface area contributed by atoms with Crippen LogP contribution in [0.4, 0.5) is 5.69 Å². The number of amides is 1. The van der Waals surface area contributed by atoms with E-state index in [2.05, 4.69) is 5.32 Å². The van der Waals surface area contributed by atoms with Crippen LogP contribution in [-0.4, -0.2) is 17.0 Å². The predicted molar refractivity (Wildman–Crippen MR) is 90.2 cm³/mol. The van der Waals surface area contributed by atoms with Crippen molar-refractivity contribution in [1.82, 2.24) is 0 Å². The highest BCUT2D eigenvalue weighted by molar-refractivity contribution is 6.07. The number of para-hydroxylation sites is 1. The summed E-state index contributed by atoms with van der Waals surface area (Å²) in [7, 11) is 0. The van der Waals surface area contributed by atoms with Crippen LogP contribution in [0.1, 0.15) is 26.5 Å². The topological polar surface area (TPSA) is 79.5 Å². The third kappa shape index (κ3) is 3.05. The van der Waals surface area contributed by atoms with Gasteiger partial charge < -0.3 is 14.8 Å². The number of hydrogen-bond acceptors (Lipinski definition) is 3. The molecule has 0 radical (unpaired) electrons. The van der Waals surface area contributed by atoms with Gasteiger partial charge in [-0.3, -0.25) is 4.79 Å². The molecule has 0 aliphatic carbocycles. The Balaban J connectivity index is 1.93. The summed E-state index contributed by atoms with van der Waals surface area (Å²) in [5.41, 5.74) is 2.63. The van der Waals surface area contributed by atoms with Gasteiger partial charge in [-0.1, -0.05) is 30.3 Å². The Morgan fingerprint density at radius 3 is 2.38 bits per heavy atom. The number of furan rings is 1. The molecule has 0 unspecified atom stereocenters. The minimum Gasteiger partial charge on any atom is -0.475 e. The van der Waals surface area contributed by atoms with Gasteiger partial charge in [0.2, 0.25) is 5.76 Å². The standard InChI is InChI=1S/C19H15NO4/c1-12-6-2-3-7-13(12)18(21)20-15-9-5-4-8-14(15)16-10-11-17(24-16)19(22)23/h2-11H,1H3,(H,20,21)(H,22,23). The molecule has 0 bridgehead atoms. The molecule has 0 saturated carbocycles. The molecular formula is C19H15NO4. The van der Waals surface area contributed by atoms with Crippen molar-refractivity contribution in [3.63, 3.8) is 0 Å². The summed E-state index contributed by atoms with van der Waals surface area (Å²) >= 11 is 0. The molecule has 0 aliphatic rings. The van der Waals surface area contributed by atoms with E-state index in [1.54, 1.807) is 42.5 Å². The summed E-state index contributed by atoms with van der Waals surface area (Å²) in [6, 6.07) is 17.3. The lowest BCUT2D eigenvalue weighted by atomic mass is 10.1. The highest BCUT2D eigenvalue weighted by Gasteiger charge is 2.15. The van der Waals surface area contributed by atoms with E-state index in [1.807, 2.05) is 19.1 Å². The number of carbonyl (C=O) groups is 2. The van der Waals surface area contributed by atoms with Crippen molar-refractivity contribution in [2.45, 2.75) is 6.92 Å². The number of carboxylic acids is 1. The minimum absolute atomic E-state index is 0.148. The molecule has 1 heterocycles. The lowest BCUT2D eigenvalue weighted by molar-refractivity contribution is 0.0663. The average molecular weight is 321 g/mol. The highest BCUT2D eigenvalue weighted by Crippen LogP contribution is 2.30. The maximum Gasteiger partial charge on any atom is 0.371 e. The van der Waals surface area contributed by atoms with Gasteiger partial charge in [0.1, 0.15) is 5.76 Å². The number of nitrogens with one attached hydrogen (secondary N) is 1. The lowest BCUT2D eigenvalue weighted by Crippen LogP contribution is -2.13. The normalized spacial score (nSPS) is 10.4. The van der Waals surface area contributed by atoms with Crippen LogP contribution in [0.15, 0.2) is 65.1 Å². The van der Waals surface area contributed by atoms with Crippen molar-refractivity contribution in [2.24, 2.45) is 0 Å². The van der Waals surface area contributed by atoms with Crippen LogP contribution < -0.4 is 5.32 Å². The van der Waals surface area contributed by atoms with Crippen LogP contribution in [0.3, 0.4) is 0 Å². The molecule has 1 amide bonds. The number of carbonyl (C=O) groups excluding carboxylic acids is 1. The Morgan fingerprint density at radius 1 is 0.958 bits per heavy atom. The summed E-state index contributed by atoms with van der Waals surface area (Å²) in [4.78, 5) is 23.5. The maximum atomic E-state index is 12.5. The third-order valence-electron chi connectivity index (χ3n) is 3.65. The molecule has 24 heavy (non-hydrogen) atoms. The molecule has 2 N–H and O–H groups in total. The van der Waals surface area contributed by atoms with Crippen molar-refractivity contribution in [3.05, 3.63) is 77.6 Å². The van der Waals surface area contributed by atoms with Gasteiger partial charge in [-0.25, -0.2) is 4.79 Å². The summed E-state index contributed by atoms with van der Waals surface area (Å²) in [5, 5.41) is 11.8. The van der Waals surface area contributed by atoms with E-state index in [4.69, 9.17) is 9.52 Å². The maximum absolute atomic E-state index is 12.5. The Bertz CT molecular complexity index is 911. The second kappa shape index (κ2) is 6.42. The number of carboxylic acid groups (broad SMARTS) is 1. The van der Waals surface area contributed by atoms with Gasteiger partial charge in [0, 0.05) is 11.1 Å². The molecule has 5 nitrogen and oxygen atoms in total. The van der Waals surface area contributed by atoms with Crippen LogP contribution in [0.5, 0.6) is 0 Å². The largest absolute Gasteiger partial charge is 0.475 e. The monoisotopic (exact) mass is 321 g/mol. The van der Waals surface area contributed by atoms with Crippen LogP contribution in [0.25, 0.3) is 11.3 Å². The SMILES string of the molecule is Cc1ccccc1C(=O)Nc1ccccc1-c1ccc(C(=O)O)o1. The number of hydrogen-bond donors (Lipinski definition) is 2. The van der Waals surface area contributed by atoms with E-state index in [0.29, 0.717) is 22.6 Å². The molecule has 3 rings (SSSR count). The van der Waals surface area contributed by atoms with Crippen molar-refractivity contribution in [1.29, 1.82) is 0 Å². The highest BCUT2D eigenvalue weighted by atomic mass is 16.4. The summed E-state index contributed by atoms with van der Waals surface area (Å²) in [6.07, 6.45) is 0. The predicted octanol–water partition coefficient (Wildman–Crippen LogP) is 4.21. The van der Waals surface area contributed by atoms with Gasteiger partial charge in [-0.2, -0.15) is 0 Å². The summed E-state index contributed by atoms with van der Waals surface area (Å²) in [5.74, 6) is -1.13. The molecule has 0 spiro atoms. The van der Waals surface area contributed by atoms with Crippen LogP contribution >= 0.6 is 0 Å². The Hall–Kier alpha value is -3.34. The lowest BCUT2D eigenvalue weighted by Gasteiger charge is -2.10. The van der Waals surface area contributed by atoms with Gasteiger partial charge in [0.05, 0.1) is 5.69 Å². The second-order valence-corrected chi connectivity index (χ2v) is 5.28. The fraction of sp³-hybridized carbons (Fsp3) is 0.0526. The fourth-order valence-corrected chi connectivity index (χ4v) is 2.42. The molecule has 1 aromatic heterocycles. The van der Waals surface area contributed by atoms with Crippen molar-refractivity contribution >= 4 is 17.6 Å². The molecule has 0 fully saturated rings. The molecule has 2 aromatic carbocycles. The first kappa shape index (κ1) is 15.6. The number of rotatable bonds is 4. The van der Waals surface area contributed by atoms with Gasteiger partial charge >= 0.3 is 5.97 Å². The van der Waals surface area contributed by atoms with E-state index in [0.717, 1.165) is 5.56 Å². The zero-order valence-corrected chi connectivity index (χ0v) is 12.9.